The molecule has 2 nitrogen and oxygen atoms in total. The summed E-state index contributed by atoms with van der Waals surface area (Å²) in [4.78, 5) is 4.95. The number of hydrogen-bond acceptors (Lipinski definition) is 1. The van der Waals surface area contributed by atoms with Gasteiger partial charge in [-0.3, -0.25) is 4.40 Å². The highest BCUT2D eigenvalue weighted by Crippen LogP contribution is 2.35. The van der Waals surface area contributed by atoms with Crippen LogP contribution in [0, 0.1) is 0 Å². The van der Waals surface area contributed by atoms with Crippen LogP contribution in [0.1, 0.15) is 0 Å². The minimum atomic E-state index is 0.739. The second-order valence-corrected chi connectivity index (χ2v) is 7.48. The zero-order valence-electron chi connectivity index (χ0n) is 14.9. The topological polar surface area (TPSA) is 17.3 Å². The summed E-state index contributed by atoms with van der Waals surface area (Å²) in [5, 5.41) is 4.17. The fraction of sp³-hybridized carbons (Fsp3) is 0. The molecule has 0 saturated heterocycles. The van der Waals surface area contributed by atoms with Crippen molar-refractivity contribution in [2.75, 3.05) is 0 Å². The number of fused-ring (bicyclic) bond motifs is 8. The Morgan fingerprint density at radius 1 is 0.607 bits per heavy atom. The van der Waals surface area contributed by atoms with Gasteiger partial charge >= 0.3 is 0 Å². The molecule has 132 valence electrons. The molecular formula is C25H15ClN2. The van der Waals surface area contributed by atoms with Crippen molar-refractivity contribution < 1.29 is 0 Å². The maximum Gasteiger partial charge on any atom is 0.146 e. The Balaban J connectivity index is 1.84. The highest BCUT2D eigenvalue weighted by Gasteiger charge is 2.14. The molecule has 0 aliphatic heterocycles. The van der Waals surface area contributed by atoms with Crippen molar-refractivity contribution in [1.82, 2.24) is 9.38 Å². The Morgan fingerprint density at radius 3 is 2.32 bits per heavy atom. The van der Waals surface area contributed by atoms with Crippen molar-refractivity contribution in [2.45, 2.75) is 0 Å². The smallest absolute Gasteiger partial charge is 0.146 e. The highest BCUT2D eigenvalue weighted by atomic mass is 35.5. The predicted octanol–water partition coefficient (Wildman–Crippen LogP) is 7.11. The zero-order chi connectivity index (χ0) is 18.7. The fourth-order valence-corrected chi connectivity index (χ4v) is 4.31. The molecule has 0 fully saturated rings. The average molecular weight is 379 g/mol. The van der Waals surface area contributed by atoms with Gasteiger partial charge in [-0.25, -0.2) is 4.98 Å². The number of benzene rings is 4. The number of para-hydroxylation sites is 2. The van der Waals surface area contributed by atoms with Gasteiger partial charge in [-0.05, 0) is 59.0 Å². The third-order valence-electron chi connectivity index (χ3n) is 5.42. The van der Waals surface area contributed by atoms with Crippen molar-refractivity contribution in [3.05, 3.63) is 96.0 Å². The number of rotatable bonds is 1. The number of hydrogen-bond donors (Lipinski definition) is 0. The predicted molar refractivity (Wildman–Crippen MR) is 118 cm³/mol. The molecule has 0 spiro atoms. The Hall–Kier alpha value is -3.36. The summed E-state index contributed by atoms with van der Waals surface area (Å²) in [6.45, 7) is 0. The summed E-state index contributed by atoms with van der Waals surface area (Å²) in [7, 11) is 0. The monoisotopic (exact) mass is 378 g/mol. The molecule has 0 aliphatic rings. The maximum atomic E-state index is 6.39. The van der Waals surface area contributed by atoms with Gasteiger partial charge in [0.25, 0.3) is 0 Å². The van der Waals surface area contributed by atoms with E-state index in [1.807, 2.05) is 18.2 Å². The highest BCUT2D eigenvalue weighted by molar-refractivity contribution is 6.32. The lowest BCUT2D eigenvalue weighted by atomic mass is 9.99. The van der Waals surface area contributed by atoms with Gasteiger partial charge in [0.1, 0.15) is 5.65 Å². The molecule has 0 N–H and O–H groups in total. The largest absolute Gasteiger partial charge is 0.292 e. The Bertz CT molecular complexity index is 1510. The third-order valence-corrected chi connectivity index (χ3v) is 5.65. The summed E-state index contributed by atoms with van der Waals surface area (Å²) in [5.41, 5.74) is 6.59. The van der Waals surface area contributed by atoms with Crippen LogP contribution in [0.2, 0.25) is 5.02 Å². The van der Waals surface area contributed by atoms with Gasteiger partial charge in [0.05, 0.1) is 16.6 Å². The van der Waals surface area contributed by atoms with E-state index in [0.717, 1.165) is 38.0 Å². The summed E-state index contributed by atoms with van der Waals surface area (Å²) in [6, 6.07) is 31.4. The Kier molecular flexibility index (Phi) is 3.26. The normalized spacial score (nSPS) is 11.8. The summed E-state index contributed by atoms with van der Waals surface area (Å²) in [5.74, 6) is 0. The number of imidazole rings is 1. The number of aromatic nitrogens is 2. The van der Waals surface area contributed by atoms with Gasteiger partial charge in [-0.2, -0.15) is 0 Å². The SMILES string of the molecule is Clc1ccc2c(c1)c1cc(-c3ccccc3)ccc1c1nc3ccccc3n21. The molecule has 6 rings (SSSR count). The molecule has 0 bridgehead atoms. The molecule has 0 saturated carbocycles. The number of pyridine rings is 1. The molecule has 2 heterocycles. The van der Waals surface area contributed by atoms with Crippen LogP contribution < -0.4 is 0 Å². The first-order valence-corrected chi connectivity index (χ1v) is 9.65. The first-order chi connectivity index (χ1) is 13.8. The van der Waals surface area contributed by atoms with Crippen molar-refractivity contribution in [1.29, 1.82) is 0 Å². The van der Waals surface area contributed by atoms with Crippen LogP contribution in [0.4, 0.5) is 0 Å². The first kappa shape index (κ1) is 15.7. The molecule has 0 amide bonds. The summed E-state index contributed by atoms with van der Waals surface area (Å²) < 4.78 is 2.24. The van der Waals surface area contributed by atoms with Crippen LogP contribution in [0.5, 0.6) is 0 Å². The van der Waals surface area contributed by atoms with Gasteiger partial charge in [0, 0.05) is 15.8 Å². The van der Waals surface area contributed by atoms with Crippen LogP contribution in [0.25, 0.3) is 49.5 Å². The van der Waals surface area contributed by atoms with E-state index in [1.54, 1.807) is 0 Å². The van der Waals surface area contributed by atoms with Gasteiger partial charge in [0.2, 0.25) is 0 Å². The Morgan fingerprint density at radius 2 is 1.43 bits per heavy atom. The first-order valence-electron chi connectivity index (χ1n) is 9.27. The quantitative estimate of drug-likeness (QED) is 0.278. The zero-order valence-corrected chi connectivity index (χ0v) is 15.7. The van der Waals surface area contributed by atoms with Crippen LogP contribution >= 0.6 is 11.6 Å². The molecule has 0 radical (unpaired) electrons. The molecule has 0 aliphatic carbocycles. The van der Waals surface area contributed by atoms with E-state index in [4.69, 9.17) is 16.6 Å². The second-order valence-electron chi connectivity index (χ2n) is 7.05. The van der Waals surface area contributed by atoms with Crippen LogP contribution in [0.3, 0.4) is 0 Å². The van der Waals surface area contributed by atoms with E-state index in [-0.39, 0.29) is 0 Å². The fourth-order valence-electron chi connectivity index (χ4n) is 4.14. The van der Waals surface area contributed by atoms with Gasteiger partial charge in [0.15, 0.2) is 0 Å². The van der Waals surface area contributed by atoms with Crippen LogP contribution in [-0.4, -0.2) is 9.38 Å². The van der Waals surface area contributed by atoms with E-state index < -0.39 is 0 Å². The lowest BCUT2D eigenvalue weighted by Crippen LogP contribution is -1.92. The van der Waals surface area contributed by atoms with Gasteiger partial charge in [-0.1, -0.05) is 60.1 Å². The molecule has 28 heavy (non-hydrogen) atoms. The molecule has 0 unspecified atom stereocenters. The van der Waals surface area contributed by atoms with E-state index in [0.29, 0.717) is 0 Å². The van der Waals surface area contributed by atoms with E-state index in [9.17, 15) is 0 Å². The molecular weight excluding hydrogens is 364 g/mol. The maximum absolute atomic E-state index is 6.39. The molecule has 0 atom stereocenters. The van der Waals surface area contributed by atoms with Crippen LogP contribution in [-0.2, 0) is 0 Å². The lowest BCUT2D eigenvalue weighted by molar-refractivity contribution is 1.31. The number of nitrogens with zero attached hydrogens (tertiary/aromatic N) is 2. The minimum Gasteiger partial charge on any atom is -0.292 e. The standard InChI is InChI=1S/C25H15ClN2/c26-18-11-13-23-21(15-18)20-14-17(16-6-2-1-3-7-16)10-12-19(20)25-27-22-8-4-5-9-24(22)28(23)25/h1-15H. The van der Waals surface area contributed by atoms with Crippen molar-refractivity contribution >= 4 is 50.0 Å². The third kappa shape index (κ3) is 2.19. The van der Waals surface area contributed by atoms with Gasteiger partial charge in [-0.15, -0.1) is 0 Å². The van der Waals surface area contributed by atoms with Gasteiger partial charge < -0.3 is 0 Å². The molecule has 4 aromatic carbocycles. The van der Waals surface area contributed by atoms with Crippen molar-refractivity contribution in [3.63, 3.8) is 0 Å². The minimum absolute atomic E-state index is 0.739. The molecule has 3 heteroatoms. The molecule has 2 aromatic heterocycles. The van der Waals surface area contributed by atoms with Crippen LogP contribution in [0.15, 0.2) is 91.0 Å². The summed E-state index contributed by atoms with van der Waals surface area (Å²) in [6.07, 6.45) is 0. The van der Waals surface area contributed by atoms with E-state index in [2.05, 4.69) is 77.2 Å². The molecule has 6 aromatic rings. The Labute approximate surface area is 166 Å². The number of halogens is 1. The van der Waals surface area contributed by atoms with Crippen molar-refractivity contribution in [3.8, 4) is 11.1 Å². The second kappa shape index (κ2) is 5.82. The lowest BCUT2D eigenvalue weighted by Gasteiger charge is -2.11. The summed E-state index contributed by atoms with van der Waals surface area (Å²) >= 11 is 6.39. The van der Waals surface area contributed by atoms with Crippen molar-refractivity contribution in [2.24, 2.45) is 0 Å². The van der Waals surface area contributed by atoms with E-state index in [1.165, 1.54) is 16.5 Å². The average Bonchev–Trinajstić information content (AvgIpc) is 3.14. The van der Waals surface area contributed by atoms with E-state index >= 15 is 0 Å².